The standard InChI is InChI=1S/C21H24F2N6/c1-2-27-11-13-28(14-12-27)20(18-5-3-4-6-19(18)23)21-24-25-26-29(21)15-16-7-9-17(22)10-8-16/h3-10,20H,2,11-15H2,1H3/p+2/t20-/m0/s1. The van der Waals surface area contributed by atoms with E-state index in [1.807, 2.05) is 12.1 Å². The van der Waals surface area contributed by atoms with Gasteiger partial charge in [-0.1, -0.05) is 24.3 Å². The molecule has 4 rings (SSSR count). The Kier molecular flexibility index (Phi) is 5.92. The van der Waals surface area contributed by atoms with Crippen LogP contribution < -0.4 is 9.80 Å². The van der Waals surface area contributed by atoms with Crippen molar-refractivity contribution in [2.45, 2.75) is 19.5 Å². The van der Waals surface area contributed by atoms with Crippen molar-refractivity contribution >= 4 is 0 Å². The van der Waals surface area contributed by atoms with Gasteiger partial charge in [-0.25, -0.2) is 13.5 Å². The Morgan fingerprint density at radius 2 is 1.72 bits per heavy atom. The number of nitrogens with one attached hydrogen (secondary N) is 2. The quantitative estimate of drug-likeness (QED) is 0.607. The molecule has 0 saturated carbocycles. The molecule has 1 saturated heterocycles. The van der Waals surface area contributed by atoms with Crippen molar-refractivity contribution in [3.05, 3.63) is 77.1 Å². The highest BCUT2D eigenvalue weighted by Gasteiger charge is 2.36. The molecule has 2 aromatic carbocycles. The fourth-order valence-corrected chi connectivity index (χ4v) is 4.11. The van der Waals surface area contributed by atoms with Gasteiger partial charge >= 0.3 is 0 Å². The molecule has 3 aromatic rings. The van der Waals surface area contributed by atoms with Gasteiger partial charge in [0.2, 0.25) is 5.82 Å². The van der Waals surface area contributed by atoms with Crippen LogP contribution in [0.25, 0.3) is 0 Å². The minimum Gasteiger partial charge on any atom is -0.326 e. The Labute approximate surface area is 168 Å². The number of nitrogens with zero attached hydrogens (tertiary/aromatic N) is 4. The fraction of sp³-hybridized carbons (Fsp3) is 0.381. The Bertz CT molecular complexity index is 934. The van der Waals surface area contributed by atoms with Crippen LogP contribution in [0.1, 0.15) is 29.9 Å². The molecule has 1 aliphatic rings. The van der Waals surface area contributed by atoms with E-state index in [2.05, 4.69) is 22.4 Å². The Morgan fingerprint density at radius 1 is 1.00 bits per heavy atom. The highest BCUT2D eigenvalue weighted by molar-refractivity contribution is 5.25. The van der Waals surface area contributed by atoms with E-state index in [1.54, 1.807) is 27.8 Å². The van der Waals surface area contributed by atoms with Crippen molar-refractivity contribution in [2.75, 3.05) is 32.7 Å². The summed E-state index contributed by atoms with van der Waals surface area (Å²) in [5, 5.41) is 12.3. The van der Waals surface area contributed by atoms with Crippen molar-refractivity contribution in [1.29, 1.82) is 0 Å². The summed E-state index contributed by atoms with van der Waals surface area (Å²) in [5.41, 5.74) is 1.50. The summed E-state index contributed by atoms with van der Waals surface area (Å²) < 4.78 is 29.7. The number of hydrogen-bond donors (Lipinski definition) is 2. The highest BCUT2D eigenvalue weighted by Crippen LogP contribution is 2.21. The molecule has 8 heteroatoms. The zero-order chi connectivity index (χ0) is 20.2. The lowest BCUT2D eigenvalue weighted by atomic mass is 10.0. The zero-order valence-corrected chi connectivity index (χ0v) is 16.5. The van der Waals surface area contributed by atoms with E-state index in [4.69, 9.17) is 0 Å². The molecule has 2 heterocycles. The molecule has 0 bridgehead atoms. The number of rotatable bonds is 6. The first-order valence-electron chi connectivity index (χ1n) is 10.1. The predicted molar refractivity (Wildman–Crippen MR) is 103 cm³/mol. The Hall–Kier alpha value is -2.71. The van der Waals surface area contributed by atoms with Crippen molar-refractivity contribution in [2.24, 2.45) is 0 Å². The molecule has 1 aliphatic heterocycles. The molecule has 0 spiro atoms. The topological polar surface area (TPSA) is 52.5 Å². The second-order valence-electron chi connectivity index (χ2n) is 7.54. The van der Waals surface area contributed by atoms with Gasteiger partial charge in [-0.3, -0.25) is 0 Å². The van der Waals surface area contributed by atoms with Gasteiger partial charge in [0.15, 0.2) is 6.04 Å². The van der Waals surface area contributed by atoms with Gasteiger partial charge < -0.3 is 9.80 Å². The zero-order valence-electron chi connectivity index (χ0n) is 16.5. The van der Waals surface area contributed by atoms with Crippen LogP contribution in [0.2, 0.25) is 0 Å². The van der Waals surface area contributed by atoms with Crippen LogP contribution in [0.3, 0.4) is 0 Å². The van der Waals surface area contributed by atoms with Crippen molar-refractivity contribution in [3.63, 3.8) is 0 Å². The van der Waals surface area contributed by atoms with Crippen LogP contribution in [-0.2, 0) is 6.54 Å². The van der Waals surface area contributed by atoms with Gasteiger partial charge in [0.25, 0.3) is 0 Å². The minimum atomic E-state index is -0.287. The van der Waals surface area contributed by atoms with Crippen LogP contribution in [0.15, 0.2) is 48.5 Å². The number of aromatic nitrogens is 4. The summed E-state index contributed by atoms with van der Waals surface area (Å²) in [4.78, 5) is 2.83. The molecule has 29 heavy (non-hydrogen) atoms. The number of benzene rings is 2. The largest absolute Gasteiger partial charge is 0.326 e. The summed E-state index contributed by atoms with van der Waals surface area (Å²) in [7, 11) is 0. The maximum atomic E-state index is 14.8. The second-order valence-corrected chi connectivity index (χ2v) is 7.54. The first-order chi connectivity index (χ1) is 14.2. The van der Waals surface area contributed by atoms with E-state index in [0.717, 1.165) is 38.3 Å². The van der Waals surface area contributed by atoms with Crippen molar-refractivity contribution in [3.8, 4) is 0 Å². The van der Waals surface area contributed by atoms with Gasteiger partial charge in [-0.05, 0) is 47.2 Å². The van der Waals surface area contributed by atoms with Crippen LogP contribution >= 0.6 is 0 Å². The lowest BCUT2D eigenvalue weighted by molar-refractivity contribution is -1.02. The molecular formula is C21H26F2N6+2. The number of quaternary nitrogens is 2. The van der Waals surface area contributed by atoms with E-state index in [9.17, 15) is 8.78 Å². The molecule has 2 N–H and O–H groups in total. The van der Waals surface area contributed by atoms with Gasteiger partial charge in [0, 0.05) is 0 Å². The third kappa shape index (κ3) is 4.33. The molecule has 0 unspecified atom stereocenters. The van der Waals surface area contributed by atoms with Gasteiger partial charge in [-0.2, -0.15) is 0 Å². The highest BCUT2D eigenvalue weighted by atomic mass is 19.1. The SMILES string of the molecule is CC[NH+]1CC[NH+]([C@@H](c2ccccc2F)c2nnnn2Cc2ccc(F)cc2)CC1. The minimum absolute atomic E-state index is 0.244. The van der Waals surface area contributed by atoms with Gasteiger partial charge in [0.05, 0.1) is 18.7 Å². The average Bonchev–Trinajstić information content (AvgIpc) is 3.19. The molecule has 6 nitrogen and oxygen atoms in total. The maximum absolute atomic E-state index is 14.8. The molecule has 1 atom stereocenters. The van der Waals surface area contributed by atoms with Gasteiger partial charge in [-0.15, -0.1) is 5.10 Å². The van der Waals surface area contributed by atoms with Crippen molar-refractivity contribution in [1.82, 2.24) is 20.2 Å². The summed E-state index contributed by atoms with van der Waals surface area (Å²) in [5.74, 6) is 0.108. The van der Waals surface area contributed by atoms with Crippen LogP contribution in [0, 0.1) is 11.6 Å². The lowest BCUT2D eigenvalue weighted by Crippen LogP contribution is -3.28. The lowest BCUT2D eigenvalue weighted by Gasteiger charge is -2.33. The first-order valence-corrected chi connectivity index (χ1v) is 10.1. The number of tetrazole rings is 1. The number of halogens is 2. The summed E-state index contributed by atoms with van der Waals surface area (Å²) in [6.45, 7) is 7.62. The molecule has 152 valence electrons. The molecule has 0 radical (unpaired) electrons. The summed E-state index contributed by atoms with van der Waals surface area (Å²) in [6.07, 6.45) is 0. The Morgan fingerprint density at radius 3 is 2.41 bits per heavy atom. The van der Waals surface area contributed by atoms with E-state index in [-0.39, 0.29) is 17.7 Å². The van der Waals surface area contributed by atoms with E-state index >= 15 is 0 Å². The summed E-state index contributed by atoms with van der Waals surface area (Å²) >= 11 is 0. The van der Waals surface area contributed by atoms with Crippen LogP contribution in [-0.4, -0.2) is 52.9 Å². The Balaban J connectivity index is 1.68. The molecule has 1 fully saturated rings. The molecule has 0 amide bonds. The number of piperazine rings is 1. The summed E-state index contributed by atoms with van der Waals surface area (Å²) in [6, 6.07) is 12.9. The third-order valence-electron chi connectivity index (χ3n) is 5.79. The van der Waals surface area contributed by atoms with Gasteiger partial charge in [0.1, 0.15) is 37.8 Å². The van der Waals surface area contributed by atoms with Crippen LogP contribution in [0.4, 0.5) is 8.78 Å². The molecular weight excluding hydrogens is 374 g/mol. The maximum Gasteiger partial charge on any atom is 0.214 e. The van der Waals surface area contributed by atoms with Crippen LogP contribution in [0.5, 0.6) is 0 Å². The first kappa shape index (κ1) is 19.6. The number of hydrogen-bond acceptors (Lipinski definition) is 3. The normalized spacial score (nSPS) is 20.5. The van der Waals surface area contributed by atoms with E-state index in [0.29, 0.717) is 17.9 Å². The molecule has 1 aromatic heterocycles. The fourth-order valence-electron chi connectivity index (χ4n) is 4.11. The monoisotopic (exact) mass is 400 g/mol. The second kappa shape index (κ2) is 8.75. The van der Waals surface area contributed by atoms with Crippen molar-refractivity contribution < 1.29 is 18.6 Å². The smallest absolute Gasteiger partial charge is 0.214 e. The average molecular weight is 400 g/mol. The van der Waals surface area contributed by atoms with E-state index in [1.165, 1.54) is 23.1 Å². The van der Waals surface area contributed by atoms with E-state index < -0.39 is 0 Å². The predicted octanol–water partition coefficient (Wildman–Crippen LogP) is -0.108. The third-order valence-corrected chi connectivity index (χ3v) is 5.79. The number of likely N-dealkylation sites (N-methyl/N-ethyl adjacent to an activating group) is 1. The molecule has 0 aliphatic carbocycles.